The number of thiophene rings is 1. The first-order valence-corrected chi connectivity index (χ1v) is 8.63. The molecule has 0 aromatic carbocycles. The minimum atomic E-state index is 0.190. The average molecular weight is 355 g/mol. The van der Waals surface area contributed by atoms with Crippen LogP contribution in [0.5, 0.6) is 0 Å². The number of ketones is 1. The fourth-order valence-electron chi connectivity index (χ4n) is 2.28. The molecule has 108 valence electrons. The molecule has 2 aromatic rings. The van der Waals surface area contributed by atoms with Crippen LogP contribution in [0.3, 0.4) is 0 Å². The Bertz CT molecular complexity index is 615. The van der Waals surface area contributed by atoms with E-state index in [1.54, 1.807) is 0 Å². The Morgan fingerprint density at radius 2 is 2.10 bits per heavy atom. The highest BCUT2D eigenvalue weighted by Crippen LogP contribution is 2.26. The topological polar surface area (TPSA) is 34.9 Å². The molecule has 0 aliphatic rings. The van der Waals surface area contributed by atoms with E-state index in [1.165, 1.54) is 11.3 Å². The summed E-state index contributed by atoms with van der Waals surface area (Å²) in [4.78, 5) is 13.4. The van der Waals surface area contributed by atoms with Crippen LogP contribution in [0, 0.1) is 0 Å². The molecule has 0 unspecified atom stereocenters. The summed E-state index contributed by atoms with van der Waals surface area (Å²) in [7, 11) is 0. The molecule has 2 aromatic heterocycles. The van der Waals surface area contributed by atoms with Crippen molar-refractivity contribution in [3.63, 3.8) is 0 Å². The van der Waals surface area contributed by atoms with Gasteiger partial charge in [-0.15, -0.1) is 11.3 Å². The molecule has 0 radical (unpaired) electrons. The number of aryl methyl sites for hydroxylation is 3. The second kappa shape index (κ2) is 6.68. The van der Waals surface area contributed by atoms with Crippen LogP contribution in [0.2, 0.25) is 0 Å². The zero-order valence-corrected chi connectivity index (χ0v) is 14.5. The fourth-order valence-corrected chi connectivity index (χ4v) is 3.92. The van der Waals surface area contributed by atoms with Crippen molar-refractivity contribution in [2.24, 2.45) is 0 Å². The summed E-state index contributed by atoms with van der Waals surface area (Å²) in [6.07, 6.45) is 2.18. The van der Waals surface area contributed by atoms with Crippen molar-refractivity contribution < 1.29 is 4.79 Å². The molecular weight excluding hydrogens is 336 g/mol. The number of halogens is 1. The molecule has 2 heterocycles. The van der Waals surface area contributed by atoms with Crippen LogP contribution in [0.1, 0.15) is 47.4 Å². The lowest BCUT2D eigenvalue weighted by Crippen LogP contribution is -2.10. The van der Waals surface area contributed by atoms with Crippen LogP contribution in [-0.4, -0.2) is 15.6 Å². The van der Waals surface area contributed by atoms with E-state index in [0.717, 1.165) is 45.7 Å². The van der Waals surface area contributed by atoms with Gasteiger partial charge in [0.1, 0.15) is 0 Å². The third-order valence-electron chi connectivity index (χ3n) is 3.40. The molecule has 0 atom stereocenters. The molecule has 0 amide bonds. The van der Waals surface area contributed by atoms with Crippen LogP contribution in [-0.2, 0) is 25.8 Å². The number of Topliss-reactive ketones (excluding diaryl/α,β-unsaturated/α-hetero) is 1. The van der Waals surface area contributed by atoms with E-state index >= 15 is 0 Å². The van der Waals surface area contributed by atoms with Crippen molar-refractivity contribution in [1.82, 2.24) is 9.78 Å². The van der Waals surface area contributed by atoms with Crippen molar-refractivity contribution in [3.05, 3.63) is 37.7 Å². The number of hydrogen-bond donors (Lipinski definition) is 0. The summed E-state index contributed by atoms with van der Waals surface area (Å²) in [6.45, 7) is 7.00. The van der Waals surface area contributed by atoms with Gasteiger partial charge in [-0.05, 0) is 52.7 Å². The Balaban J connectivity index is 2.30. The maximum absolute atomic E-state index is 12.5. The second-order valence-corrected chi connectivity index (χ2v) is 6.31. The zero-order valence-electron chi connectivity index (χ0n) is 12.1. The van der Waals surface area contributed by atoms with Gasteiger partial charge in [0, 0.05) is 6.54 Å². The Morgan fingerprint density at radius 3 is 2.70 bits per heavy atom. The highest BCUT2D eigenvalue weighted by Gasteiger charge is 2.19. The molecule has 0 N–H and O–H groups in total. The summed E-state index contributed by atoms with van der Waals surface area (Å²) in [5, 5.41) is 6.54. The molecule has 0 aliphatic carbocycles. The normalized spacial score (nSPS) is 11.0. The summed E-state index contributed by atoms with van der Waals surface area (Å²) in [5.41, 5.74) is 3.16. The van der Waals surface area contributed by atoms with E-state index in [2.05, 4.69) is 41.8 Å². The summed E-state index contributed by atoms with van der Waals surface area (Å²) in [6, 6.07) is 2.04. The third-order valence-corrected chi connectivity index (χ3v) is 5.32. The van der Waals surface area contributed by atoms with Gasteiger partial charge in [0.15, 0.2) is 5.78 Å². The molecule has 0 spiro atoms. The number of carbonyl (C=O) groups is 1. The number of aromatic nitrogens is 2. The molecule has 0 saturated carbocycles. The van der Waals surface area contributed by atoms with Crippen molar-refractivity contribution >= 4 is 33.0 Å². The number of nitrogens with zero attached hydrogens (tertiary/aromatic N) is 2. The average Bonchev–Trinajstić information content (AvgIpc) is 3.04. The maximum atomic E-state index is 12.5. The highest BCUT2D eigenvalue weighted by molar-refractivity contribution is 9.10. The Morgan fingerprint density at radius 1 is 1.35 bits per heavy atom. The van der Waals surface area contributed by atoms with E-state index in [0.29, 0.717) is 6.42 Å². The molecular formula is C15H19BrN2OS. The van der Waals surface area contributed by atoms with Crippen molar-refractivity contribution in [2.75, 3.05) is 0 Å². The van der Waals surface area contributed by atoms with Crippen molar-refractivity contribution in [1.29, 1.82) is 0 Å². The van der Waals surface area contributed by atoms with Crippen LogP contribution >= 0.6 is 27.3 Å². The monoisotopic (exact) mass is 354 g/mol. The van der Waals surface area contributed by atoms with E-state index in [4.69, 9.17) is 0 Å². The molecule has 5 heteroatoms. The second-order valence-electron chi connectivity index (χ2n) is 4.61. The smallest absolute Gasteiger partial charge is 0.179 e. The first-order chi connectivity index (χ1) is 9.62. The molecule has 3 nitrogen and oxygen atoms in total. The van der Waals surface area contributed by atoms with Gasteiger partial charge < -0.3 is 0 Å². The lowest BCUT2D eigenvalue weighted by Gasteiger charge is -2.05. The van der Waals surface area contributed by atoms with Crippen molar-refractivity contribution in [2.45, 2.75) is 46.6 Å². The van der Waals surface area contributed by atoms with E-state index in [1.807, 2.05) is 16.1 Å². The SMILES string of the molecule is CCc1ccsc1C(=O)Cc1c(Br)c(CC)nn1CC. The van der Waals surface area contributed by atoms with Gasteiger partial charge in [0.05, 0.1) is 27.2 Å². The van der Waals surface area contributed by atoms with Gasteiger partial charge in [0.2, 0.25) is 0 Å². The summed E-state index contributed by atoms with van der Waals surface area (Å²) >= 11 is 5.14. The predicted molar refractivity (Wildman–Crippen MR) is 86.7 cm³/mol. The lowest BCUT2D eigenvalue weighted by molar-refractivity contribution is 0.0993. The Labute approximate surface area is 132 Å². The van der Waals surface area contributed by atoms with Crippen LogP contribution in [0.25, 0.3) is 0 Å². The van der Waals surface area contributed by atoms with E-state index in [-0.39, 0.29) is 5.78 Å². The van der Waals surface area contributed by atoms with Crippen LogP contribution in [0.15, 0.2) is 15.9 Å². The molecule has 2 rings (SSSR count). The van der Waals surface area contributed by atoms with Gasteiger partial charge in [-0.3, -0.25) is 9.48 Å². The Hall–Kier alpha value is -0.940. The first kappa shape index (κ1) is 15.4. The van der Waals surface area contributed by atoms with Gasteiger partial charge in [-0.1, -0.05) is 13.8 Å². The fraction of sp³-hybridized carbons (Fsp3) is 0.467. The maximum Gasteiger partial charge on any atom is 0.179 e. The minimum Gasteiger partial charge on any atom is -0.293 e. The molecule has 0 aliphatic heterocycles. The minimum absolute atomic E-state index is 0.190. The quantitative estimate of drug-likeness (QED) is 0.725. The zero-order chi connectivity index (χ0) is 14.7. The lowest BCUT2D eigenvalue weighted by atomic mass is 10.1. The van der Waals surface area contributed by atoms with Crippen LogP contribution < -0.4 is 0 Å². The van der Waals surface area contributed by atoms with E-state index in [9.17, 15) is 4.79 Å². The predicted octanol–water partition coefficient (Wildman–Crippen LogP) is 4.28. The van der Waals surface area contributed by atoms with Gasteiger partial charge >= 0.3 is 0 Å². The van der Waals surface area contributed by atoms with Gasteiger partial charge in [0.25, 0.3) is 0 Å². The number of hydrogen-bond acceptors (Lipinski definition) is 3. The molecule has 0 fully saturated rings. The van der Waals surface area contributed by atoms with Gasteiger partial charge in [-0.25, -0.2) is 0 Å². The molecule has 0 bridgehead atoms. The van der Waals surface area contributed by atoms with Gasteiger partial charge in [-0.2, -0.15) is 5.10 Å². The van der Waals surface area contributed by atoms with Crippen molar-refractivity contribution in [3.8, 4) is 0 Å². The first-order valence-electron chi connectivity index (χ1n) is 6.95. The largest absolute Gasteiger partial charge is 0.293 e. The summed E-state index contributed by atoms with van der Waals surface area (Å²) in [5.74, 6) is 0.190. The standard InChI is InChI=1S/C15H19BrN2OS/c1-4-10-7-8-20-15(10)13(19)9-12-14(16)11(5-2)17-18(12)6-3/h7-8H,4-6,9H2,1-3H3. The number of rotatable bonds is 6. The molecule has 0 saturated heterocycles. The van der Waals surface area contributed by atoms with Crippen LogP contribution in [0.4, 0.5) is 0 Å². The Kier molecular flexibility index (Phi) is 5.16. The molecule has 20 heavy (non-hydrogen) atoms. The third kappa shape index (κ3) is 2.88. The summed E-state index contributed by atoms with van der Waals surface area (Å²) < 4.78 is 2.92. The highest BCUT2D eigenvalue weighted by atomic mass is 79.9. The van der Waals surface area contributed by atoms with E-state index < -0.39 is 0 Å². The number of carbonyl (C=O) groups excluding carboxylic acids is 1.